The third-order valence-electron chi connectivity index (χ3n) is 6.19. The fourth-order valence-corrected chi connectivity index (χ4v) is 4.33. The van der Waals surface area contributed by atoms with Crippen LogP contribution in [0.3, 0.4) is 0 Å². The van der Waals surface area contributed by atoms with Gasteiger partial charge in [0.2, 0.25) is 5.88 Å². The van der Waals surface area contributed by atoms with Crippen LogP contribution in [-0.2, 0) is 11.3 Å². The number of H-pyrrole nitrogens is 2. The normalized spacial score (nSPS) is 11.6. The van der Waals surface area contributed by atoms with E-state index in [0.717, 1.165) is 29.3 Å². The molecule has 15 heteroatoms. The zero-order chi connectivity index (χ0) is 30.1. The maximum Gasteiger partial charge on any atom is 0.573 e. The van der Waals surface area contributed by atoms with Crippen LogP contribution in [0, 0.1) is 0 Å². The smallest absolute Gasteiger partial charge is 0.492 e. The fraction of sp³-hybridized carbons (Fsp3) is 0.286. The molecule has 3 aromatic heterocycles. The molecule has 5 aromatic rings. The summed E-state index contributed by atoms with van der Waals surface area (Å²) in [6.45, 7) is 2.25. The SMILES string of the molecule is Oc1cc(-c2cc(OCCOCCCCNCc3cc(Nc4cn[nH]c4)cc(OC(F)(F)F)c3)c3cn[nH]c3c2)cnn1. The minimum atomic E-state index is -4.79. The predicted octanol–water partition coefficient (Wildman–Crippen LogP) is 5.06. The van der Waals surface area contributed by atoms with Gasteiger partial charge < -0.3 is 30.0 Å². The van der Waals surface area contributed by atoms with Crippen molar-refractivity contribution >= 4 is 22.3 Å². The van der Waals surface area contributed by atoms with E-state index >= 15 is 0 Å². The number of ether oxygens (including phenoxy) is 3. The Morgan fingerprint density at radius 1 is 0.884 bits per heavy atom. The van der Waals surface area contributed by atoms with Crippen LogP contribution in [0.1, 0.15) is 18.4 Å². The number of aromatic nitrogens is 6. The van der Waals surface area contributed by atoms with Gasteiger partial charge in [-0.1, -0.05) is 0 Å². The highest BCUT2D eigenvalue weighted by Crippen LogP contribution is 2.32. The molecule has 0 atom stereocenters. The van der Waals surface area contributed by atoms with Crippen molar-refractivity contribution < 1.29 is 32.5 Å². The molecule has 0 bridgehead atoms. The Balaban J connectivity index is 1.02. The van der Waals surface area contributed by atoms with E-state index < -0.39 is 6.36 Å². The van der Waals surface area contributed by atoms with E-state index in [9.17, 15) is 18.3 Å². The van der Waals surface area contributed by atoms with E-state index in [1.165, 1.54) is 24.4 Å². The van der Waals surface area contributed by atoms with Crippen LogP contribution in [0.4, 0.5) is 24.5 Å². The van der Waals surface area contributed by atoms with Crippen LogP contribution in [0.25, 0.3) is 22.0 Å². The summed E-state index contributed by atoms with van der Waals surface area (Å²) < 4.78 is 54.2. The number of nitrogens with zero attached hydrogens (tertiary/aromatic N) is 4. The molecule has 0 fully saturated rings. The molecule has 0 saturated heterocycles. The van der Waals surface area contributed by atoms with Crippen molar-refractivity contribution in [2.75, 3.05) is 31.7 Å². The fourth-order valence-electron chi connectivity index (χ4n) is 4.33. The third-order valence-corrected chi connectivity index (χ3v) is 6.19. The Labute approximate surface area is 243 Å². The largest absolute Gasteiger partial charge is 0.573 e. The van der Waals surface area contributed by atoms with Crippen LogP contribution in [0.15, 0.2) is 61.2 Å². The standard InChI is InChI=1S/C28H29F3N8O4/c29-28(30,31)43-23-8-18(7-21(12-23)37-22-15-33-34-16-22)13-32-3-1-2-4-41-5-6-42-26-10-19(9-25-24(26)17-36-38-25)20-11-27(40)39-35-14-20/h7-12,14-17,32,37H,1-6,13H2,(H,33,34)(H,36,38)(H,39,40). The van der Waals surface area contributed by atoms with Crippen molar-refractivity contribution in [3.05, 3.63) is 66.7 Å². The first kappa shape index (κ1) is 29.6. The number of nitrogens with one attached hydrogen (secondary N) is 4. The van der Waals surface area contributed by atoms with Crippen molar-refractivity contribution in [1.82, 2.24) is 35.9 Å². The van der Waals surface area contributed by atoms with E-state index in [4.69, 9.17) is 9.47 Å². The molecule has 0 radical (unpaired) electrons. The van der Waals surface area contributed by atoms with Gasteiger partial charge in [0, 0.05) is 42.7 Å². The molecule has 0 unspecified atom stereocenters. The van der Waals surface area contributed by atoms with E-state index in [1.807, 2.05) is 12.1 Å². The summed E-state index contributed by atoms with van der Waals surface area (Å²) in [5, 5.41) is 37.6. The molecule has 0 aliphatic heterocycles. The minimum absolute atomic E-state index is 0.175. The van der Waals surface area contributed by atoms with Gasteiger partial charge in [-0.15, -0.1) is 18.3 Å². The van der Waals surface area contributed by atoms with Gasteiger partial charge in [-0.05, 0) is 54.8 Å². The van der Waals surface area contributed by atoms with Crippen LogP contribution >= 0.6 is 0 Å². The summed E-state index contributed by atoms with van der Waals surface area (Å²) in [4.78, 5) is 0. The van der Waals surface area contributed by atoms with Crippen molar-refractivity contribution in [1.29, 1.82) is 0 Å². The zero-order valence-electron chi connectivity index (χ0n) is 22.8. The number of aromatic amines is 2. The molecule has 0 saturated carbocycles. The van der Waals surface area contributed by atoms with Crippen molar-refractivity contribution in [2.45, 2.75) is 25.7 Å². The lowest BCUT2D eigenvalue weighted by molar-refractivity contribution is -0.274. The average Bonchev–Trinajstić information content (AvgIpc) is 3.65. The van der Waals surface area contributed by atoms with Gasteiger partial charge in [-0.2, -0.15) is 15.3 Å². The second-order valence-corrected chi connectivity index (χ2v) is 9.48. The van der Waals surface area contributed by atoms with Crippen molar-refractivity contribution in [3.8, 4) is 28.5 Å². The summed E-state index contributed by atoms with van der Waals surface area (Å²) >= 11 is 0. The van der Waals surface area contributed by atoms with Crippen LogP contribution in [-0.4, -0.2) is 68.4 Å². The molecule has 43 heavy (non-hydrogen) atoms. The summed E-state index contributed by atoms with van der Waals surface area (Å²) in [6, 6.07) is 9.64. The third kappa shape index (κ3) is 8.80. The summed E-state index contributed by atoms with van der Waals surface area (Å²) in [7, 11) is 0. The molecule has 12 nitrogen and oxygen atoms in total. The second kappa shape index (κ2) is 13.8. The maximum atomic E-state index is 12.8. The van der Waals surface area contributed by atoms with Gasteiger partial charge in [-0.25, -0.2) is 0 Å². The first-order valence-electron chi connectivity index (χ1n) is 13.4. The maximum absolute atomic E-state index is 12.8. The van der Waals surface area contributed by atoms with Gasteiger partial charge in [0.1, 0.15) is 18.1 Å². The Morgan fingerprint density at radius 3 is 2.60 bits per heavy atom. The van der Waals surface area contributed by atoms with Gasteiger partial charge >= 0.3 is 6.36 Å². The van der Waals surface area contributed by atoms with E-state index in [0.29, 0.717) is 61.2 Å². The average molecular weight is 599 g/mol. The summed E-state index contributed by atoms with van der Waals surface area (Å²) in [6.07, 6.45) is 3.16. The first-order valence-corrected chi connectivity index (χ1v) is 13.4. The van der Waals surface area contributed by atoms with Gasteiger partial charge in [0.05, 0.1) is 41.8 Å². The highest BCUT2D eigenvalue weighted by atomic mass is 19.4. The highest BCUT2D eigenvalue weighted by Gasteiger charge is 2.31. The monoisotopic (exact) mass is 598 g/mol. The number of hydrogen-bond acceptors (Lipinski definition) is 10. The number of halogens is 3. The van der Waals surface area contributed by atoms with Crippen molar-refractivity contribution in [2.24, 2.45) is 0 Å². The molecule has 226 valence electrons. The Kier molecular flexibility index (Phi) is 9.53. The van der Waals surface area contributed by atoms with Gasteiger partial charge in [-0.3, -0.25) is 10.2 Å². The topological polar surface area (TPSA) is 155 Å². The lowest BCUT2D eigenvalue weighted by atomic mass is 10.1. The molecule has 5 N–H and O–H groups in total. The Morgan fingerprint density at radius 2 is 1.79 bits per heavy atom. The summed E-state index contributed by atoms with van der Waals surface area (Å²) in [5.41, 5.74) is 3.95. The highest BCUT2D eigenvalue weighted by molar-refractivity contribution is 5.89. The van der Waals surface area contributed by atoms with Crippen molar-refractivity contribution in [3.63, 3.8) is 0 Å². The molecule has 5 rings (SSSR count). The van der Waals surface area contributed by atoms with Gasteiger partial charge in [0.15, 0.2) is 0 Å². The number of fused-ring (bicyclic) bond motifs is 1. The van der Waals surface area contributed by atoms with E-state index in [1.54, 1.807) is 24.7 Å². The molecular formula is C28H29F3N8O4. The van der Waals surface area contributed by atoms with Crippen LogP contribution < -0.4 is 20.1 Å². The van der Waals surface area contributed by atoms with E-state index in [-0.39, 0.29) is 11.6 Å². The lowest BCUT2D eigenvalue weighted by Crippen LogP contribution is -2.18. The van der Waals surface area contributed by atoms with Crippen LogP contribution in [0.2, 0.25) is 0 Å². The second-order valence-electron chi connectivity index (χ2n) is 9.48. The minimum Gasteiger partial charge on any atom is -0.492 e. The number of hydrogen-bond donors (Lipinski definition) is 5. The number of rotatable bonds is 15. The number of anilines is 2. The van der Waals surface area contributed by atoms with Gasteiger partial charge in [0.25, 0.3) is 0 Å². The first-order chi connectivity index (χ1) is 20.8. The number of aromatic hydroxyl groups is 1. The molecule has 0 aliphatic carbocycles. The molecule has 2 aromatic carbocycles. The molecule has 0 aliphatic rings. The number of benzene rings is 2. The zero-order valence-corrected chi connectivity index (χ0v) is 22.8. The number of alkyl halides is 3. The molecule has 3 heterocycles. The predicted molar refractivity (Wildman–Crippen MR) is 151 cm³/mol. The molecule has 0 amide bonds. The Bertz CT molecular complexity index is 1610. The van der Waals surface area contributed by atoms with E-state index in [2.05, 4.69) is 46.0 Å². The molecule has 0 spiro atoms. The Hall–Kier alpha value is -4.89. The summed E-state index contributed by atoms with van der Waals surface area (Å²) in [5.74, 6) is 0.145. The number of unbranched alkanes of at least 4 members (excludes halogenated alkanes) is 1. The quantitative estimate of drug-likeness (QED) is 0.103. The lowest BCUT2D eigenvalue weighted by Gasteiger charge is -2.14. The van der Waals surface area contributed by atoms with Crippen LogP contribution in [0.5, 0.6) is 17.4 Å². The molecular weight excluding hydrogens is 569 g/mol.